The second-order valence-electron chi connectivity index (χ2n) is 8.24. The number of hydrogen-bond donors (Lipinski definition) is 2. The van der Waals surface area contributed by atoms with Crippen LogP contribution in [0.3, 0.4) is 0 Å². The van der Waals surface area contributed by atoms with E-state index < -0.39 is 5.60 Å². The number of carbonyl (C=O) groups excluding carboxylic acids is 1. The zero-order valence-electron chi connectivity index (χ0n) is 17.6. The first-order chi connectivity index (χ1) is 14.2. The number of anilines is 2. The molecule has 2 aromatic rings. The summed E-state index contributed by atoms with van der Waals surface area (Å²) in [5.74, 6) is 0.111. The van der Waals surface area contributed by atoms with Crippen molar-refractivity contribution in [3.05, 3.63) is 35.4 Å². The molecule has 3 rings (SSSR count). The van der Waals surface area contributed by atoms with Gasteiger partial charge in [-0.25, -0.2) is 9.78 Å². The van der Waals surface area contributed by atoms with Crippen molar-refractivity contribution in [2.45, 2.75) is 32.9 Å². The van der Waals surface area contributed by atoms with E-state index in [0.29, 0.717) is 18.8 Å². The van der Waals surface area contributed by atoms with E-state index in [-0.39, 0.29) is 23.4 Å². The van der Waals surface area contributed by atoms with Crippen molar-refractivity contribution in [2.75, 3.05) is 37.6 Å². The van der Waals surface area contributed by atoms with E-state index in [0.717, 1.165) is 30.8 Å². The molecule has 0 spiro atoms. The van der Waals surface area contributed by atoms with Gasteiger partial charge in [0.1, 0.15) is 23.1 Å². The molecule has 1 aromatic heterocycles. The molecule has 1 aromatic carbocycles. The van der Waals surface area contributed by atoms with Crippen molar-refractivity contribution in [3.8, 4) is 17.3 Å². The second-order valence-corrected chi connectivity index (χ2v) is 8.24. The fourth-order valence-electron chi connectivity index (χ4n) is 3.26. The third kappa shape index (κ3) is 5.15. The number of aromatic nitrogens is 2. The Morgan fingerprint density at radius 1 is 1.13 bits per heavy atom. The summed E-state index contributed by atoms with van der Waals surface area (Å²) in [6, 6.07) is 9.82. The number of piperazine rings is 1. The van der Waals surface area contributed by atoms with E-state index in [1.54, 1.807) is 4.90 Å². The Balaban J connectivity index is 1.62. The number of nitrogen functional groups attached to an aromatic ring is 2. The summed E-state index contributed by atoms with van der Waals surface area (Å²) in [6.07, 6.45) is -0.261. The van der Waals surface area contributed by atoms with Crippen LogP contribution in [0.25, 0.3) is 11.3 Å². The van der Waals surface area contributed by atoms with Crippen LogP contribution in [0.5, 0.6) is 0 Å². The molecule has 0 bridgehead atoms. The molecule has 0 atom stereocenters. The quantitative estimate of drug-likeness (QED) is 0.788. The molecule has 1 aliphatic rings. The summed E-state index contributed by atoms with van der Waals surface area (Å²) in [4.78, 5) is 24.2. The van der Waals surface area contributed by atoms with Gasteiger partial charge in [-0.1, -0.05) is 24.3 Å². The molecule has 0 saturated carbocycles. The molecule has 4 N–H and O–H groups in total. The zero-order valence-corrected chi connectivity index (χ0v) is 17.6. The summed E-state index contributed by atoms with van der Waals surface area (Å²) in [5, 5.41) is 9.35. The standard InChI is InChI=1S/C21H27N7O2/c1-21(2,3)30-20(29)28-10-8-27(9-11-28)13-14-4-6-15(7-5-14)17-16(12-22)18(23)26-19(24)25-17/h4-7H,8-11,13H2,1-3H3,(H4,23,24,25,26). The molecule has 1 fully saturated rings. The average Bonchev–Trinajstić information content (AvgIpc) is 2.67. The Kier molecular flexibility index (Phi) is 6.08. The maximum atomic E-state index is 12.2. The Morgan fingerprint density at radius 3 is 2.33 bits per heavy atom. The Labute approximate surface area is 176 Å². The van der Waals surface area contributed by atoms with Gasteiger partial charge in [0.15, 0.2) is 0 Å². The molecule has 1 aliphatic heterocycles. The minimum absolute atomic E-state index is 0.0356. The fourth-order valence-corrected chi connectivity index (χ4v) is 3.26. The molecule has 9 heteroatoms. The van der Waals surface area contributed by atoms with Crippen LogP contribution in [0.15, 0.2) is 24.3 Å². The van der Waals surface area contributed by atoms with E-state index >= 15 is 0 Å². The topological polar surface area (TPSA) is 134 Å². The van der Waals surface area contributed by atoms with Gasteiger partial charge in [0, 0.05) is 38.3 Å². The van der Waals surface area contributed by atoms with Crippen molar-refractivity contribution in [1.82, 2.24) is 19.8 Å². The number of ether oxygens (including phenoxy) is 1. The molecular formula is C21H27N7O2. The monoisotopic (exact) mass is 409 g/mol. The number of nitriles is 1. The number of nitrogens with two attached hydrogens (primary N) is 2. The van der Waals surface area contributed by atoms with Gasteiger partial charge in [0.25, 0.3) is 0 Å². The molecule has 0 aliphatic carbocycles. The van der Waals surface area contributed by atoms with Crippen molar-refractivity contribution in [1.29, 1.82) is 5.26 Å². The van der Waals surface area contributed by atoms with Gasteiger partial charge >= 0.3 is 6.09 Å². The van der Waals surface area contributed by atoms with Gasteiger partial charge in [-0.2, -0.15) is 10.2 Å². The number of benzene rings is 1. The van der Waals surface area contributed by atoms with E-state index in [1.807, 2.05) is 51.1 Å². The first kappa shape index (κ1) is 21.3. The van der Waals surface area contributed by atoms with Gasteiger partial charge in [0.2, 0.25) is 5.95 Å². The number of nitrogens with zero attached hydrogens (tertiary/aromatic N) is 5. The minimum Gasteiger partial charge on any atom is -0.444 e. The maximum Gasteiger partial charge on any atom is 0.410 e. The van der Waals surface area contributed by atoms with Crippen LogP contribution >= 0.6 is 0 Å². The number of rotatable bonds is 3. The van der Waals surface area contributed by atoms with Crippen LogP contribution in [-0.2, 0) is 11.3 Å². The Hall–Kier alpha value is -3.38. The minimum atomic E-state index is -0.486. The van der Waals surface area contributed by atoms with E-state index in [9.17, 15) is 10.1 Å². The third-order valence-electron chi connectivity index (χ3n) is 4.72. The van der Waals surface area contributed by atoms with Crippen molar-refractivity contribution in [2.24, 2.45) is 0 Å². The molecule has 0 unspecified atom stereocenters. The number of carbonyl (C=O) groups is 1. The van der Waals surface area contributed by atoms with Crippen LogP contribution in [0.4, 0.5) is 16.6 Å². The highest BCUT2D eigenvalue weighted by atomic mass is 16.6. The summed E-state index contributed by atoms with van der Waals surface area (Å²) < 4.78 is 5.44. The predicted molar refractivity (Wildman–Crippen MR) is 114 cm³/mol. The number of amides is 1. The molecule has 9 nitrogen and oxygen atoms in total. The highest BCUT2D eigenvalue weighted by Crippen LogP contribution is 2.26. The van der Waals surface area contributed by atoms with Crippen LogP contribution < -0.4 is 11.5 Å². The lowest BCUT2D eigenvalue weighted by Gasteiger charge is -2.35. The summed E-state index contributed by atoms with van der Waals surface area (Å²) in [6.45, 7) is 9.20. The van der Waals surface area contributed by atoms with Crippen LogP contribution in [0.2, 0.25) is 0 Å². The second kappa shape index (κ2) is 8.55. The Bertz CT molecular complexity index is 953. The predicted octanol–water partition coefficient (Wildman–Crippen LogP) is 2.23. The average molecular weight is 409 g/mol. The van der Waals surface area contributed by atoms with Gasteiger partial charge in [-0.05, 0) is 26.3 Å². The molecule has 30 heavy (non-hydrogen) atoms. The van der Waals surface area contributed by atoms with Gasteiger partial charge < -0.3 is 21.1 Å². The van der Waals surface area contributed by atoms with Gasteiger partial charge in [-0.3, -0.25) is 4.90 Å². The van der Waals surface area contributed by atoms with Gasteiger partial charge in [-0.15, -0.1) is 0 Å². The lowest BCUT2D eigenvalue weighted by Crippen LogP contribution is -2.49. The molecule has 2 heterocycles. The zero-order chi connectivity index (χ0) is 21.9. The normalized spacial score (nSPS) is 14.9. The van der Waals surface area contributed by atoms with Gasteiger partial charge in [0.05, 0.1) is 5.69 Å². The van der Waals surface area contributed by atoms with Crippen LogP contribution in [0, 0.1) is 11.3 Å². The van der Waals surface area contributed by atoms with E-state index in [1.165, 1.54) is 0 Å². The lowest BCUT2D eigenvalue weighted by atomic mass is 10.0. The lowest BCUT2D eigenvalue weighted by molar-refractivity contribution is 0.0139. The smallest absolute Gasteiger partial charge is 0.410 e. The first-order valence-corrected chi connectivity index (χ1v) is 9.79. The largest absolute Gasteiger partial charge is 0.444 e. The summed E-state index contributed by atoms with van der Waals surface area (Å²) >= 11 is 0. The highest BCUT2D eigenvalue weighted by molar-refractivity contribution is 5.73. The van der Waals surface area contributed by atoms with Crippen molar-refractivity contribution >= 4 is 17.9 Å². The van der Waals surface area contributed by atoms with Crippen LogP contribution in [-0.4, -0.2) is 57.6 Å². The summed E-state index contributed by atoms with van der Waals surface area (Å²) in [7, 11) is 0. The summed E-state index contributed by atoms with van der Waals surface area (Å²) in [5.41, 5.74) is 13.5. The molecule has 0 radical (unpaired) electrons. The third-order valence-corrected chi connectivity index (χ3v) is 4.72. The molecule has 158 valence electrons. The first-order valence-electron chi connectivity index (χ1n) is 9.79. The molecular weight excluding hydrogens is 382 g/mol. The van der Waals surface area contributed by atoms with E-state index in [2.05, 4.69) is 14.9 Å². The molecule has 1 amide bonds. The maximum absolute atomic E-state index is 12.2. The number of hydrogen-bond acceptors (Lipinski definition) is 8. The SMILES string of the molecule is CC(C)(C)OC(=O)N1CCN(Cc2ccc(-c3nc(N)nc(N)c3C#N)cc2)CC1. The Morgan fingerprint density at radius 2 is 1.77 bits per heavy atom. The van der Waals surface area contributed by atoms with E-state index in [4.69, 9.17) is 16.2 Å². The fraction of sp³-hybridized carbons (Fsp3) is 0.429. The van der Waals surface area contributed by atoms with Crippen LogP contribution in [0.1, 0.15) is 31.9 Å². The van der Waals surface area contributed by atoms with Crippen molar-refractivity contribution < 1.29 is 9.53 Å². The van der Waals surface area contributed by atoms with Crippen molar-refractivity contribution in [3.63, 3.8) is 0 Å². The molecule has 1 saturated heterocycles. The highest BCUT2D eigenvalue weighted by Gasteiger charge is 2.25.